The fraction of sp³-hybridized carbons (Fsp3) is 0.286. The van der Waals surface area contributed by atoms with Crippen molar-refractivity contribution < 1.29 is 0 Å². The summed E-state index contributed by atoms with van der Waals surface area (Å²) < 4.78 is 0. The molecule has 0 fully saturated rings. The van der Waals surface area contributed by atoms with E-state index < -0.39 is 0 Å². The summed E-state index contributed by atoms with van der Waals surface area (Å²) in [4.78, 5) is 17.9. The number of rotatable bonds is 3. The van der Waals surface area contributed by atoms with Gasteiger partial charge in [0.25, 0.3) is 5.56 Å². The first-order valence-electron chi connectivity index (χ1n) is 6.01. The molecule has 0 bridgehead atoms. The summed E-state index contributed by atoms with van der Waals surface area (Å²) in [5.74, 6) is 0.771. The Morgan fingerprint density at radius 1 is 1.28 bits per heavy atom. The molecular weight excluding hydrogens is 226 g/mol. The minimum Gasteiger partial charge on any atom is -0.369 e. The van der Waals surface area contributed by atoms with Gasteiger partial charge in [-0.1, -0.05) is 38.1 Å². The van der Waals surface area contributed by atoms with Crippen molar-refractivity contribution in [3.05, 3.63) is 46.2 Å². The third kappa shape index (κ3) is 2.97. The van der Waals surface area contributed by atoms with Crippen molar-refractivity contribution in [2.24, 2.45) is 5.92 Å². The maximum Gasteiger partial charge on any atom is 0.252 e. The molecule has 2 aromatic rings. The van der Waals surface area contributed by atoms with Gasteiger partial charge >= 0.3 is 0 Å². The lowest BCUT2D eigenvalue weighted by molar-refractivity contribution is 0.647. The normalized spacial score (nSPS) is 10.8. The second-order valence-electron chi connectivity index (χ2n) is 4.81. The van der Waals surface area contributed by atoms with E-state index >= 15 is 0 Å². The maximum atomic E-state index is 11.3. The zero-order valence-corrected chi connectivity index (χ0v) is 10.6. The first-order chi connectivity index (χ1) is 8.54. The average Bonchev–Trinajstić information content (AvgIpc) is 2.27. The highest BCUT2D eigenvalue weighted by molar-refractivity contribution is 5.59. The standard InChI is InChI=1S/C14H17N3O/c1-9(2)7-10-3-5-11(6-4-10)12-8-13(18)17-14(15)16-12/h3-6,8-9H,7H2,1-2H3,(H3,15,16,17,18). The van der Waals surface area contributed by atoms with E-state index in [0.29, 0.717) is 11.6 Å². The van der Waals surface area contributed by atoms with Crippen LogP contribution in [0.2, 0.25) is 0 Å². The number of aromatic nitrogens is 2. The van der Waals surface area contributed by atoms with Crippen LogP contribution < -0.4 is 11.3 Å². The molecule has 0 saturated heterocycles. The van der Waals surface area contributed by atoms with Crippen molar-refractivity contribution in [1.82, 2.24) is 9.97 Å². The van der Waals surface area contributed by atoms with Crippen LogP contribution in [0.15, 0.2) is 35.1 Å². The average molecular weight is 243 g/mol. The second-order valence-corrected chi connectivity index (χ2v) is 4.81. The Balaban J connectivity index is 2.31. The van der Waals surface area contributed by atoms with Gasteiger partial charge < -0.3 is 5.73 Å². The molecule has 0 spiro atoms. The van der Waals surface area contributed by atoms with Crippen LogP contribution in [0, 0.1) is 5.92 Å². The topological polar surface area (TPSA) is 71.8 Å². The van der Waals surface area contributed by atoms with Crippen molar-refractivity contribution in [2.45, 2.75) is 20.3 Å². The smallest absolute Gasteiger partial charge is 0.252 e. The SMILES string of the molecule is CC(C)Cc1ccc(-c2cc(=O)[nH]c(N)n2)cc1. The number of hydrogen-bond donors (Lipinski definition) is 2. The number of anilines is 1. The minimum absolute atomic E-state index is 0.142. The Hall–Kier alpha value is -2.10. The van der Waals surface area contributed by atoms with Crippen molar-refractivity contribution >= 4 is 5.95 Å². The Labute approximate surface area is 106 Å². The Morgan fingerprint density at radius 2 is 1.94 bits per heavy atom. The van der Waals surface area contributed by atoms with Crippen LogP contribution in [0.1, 0.15) is 19.4 Å². The Morgan fingerprint density at radius 3 is 2.50 bits per heavy atom. The van der Waals surface area contributed by atoms with Gasteiger partial charge in [0, 0.05) is 11.6 Å². The van der Waals surface area contributed by atoms with Gasteiger partial charge in [0.15, 0.2) is 0 Å². The fourth-order valence-corrected chi connectivity index (χ4v) is 1.91. The van der Waals surface area contributed by atoms with Gasteiger partial charge in [0.05, 0.1) is 5.69 Å². The molecule has 2 rings (SSSR count). The number of H-pyrrole nitrogens is 1. The molecule has 4 heteroatoms. The quantitative estimate of drug-likeness (QED) is 0.868. The van der Waals surface area contributed by atoms with E-state index in [4.69, 9.17) is 5.73 Å². The van der Waals surface area contributed by atoms with Crippen molar-refractivity contribution in [1.29, 1.82) is 0 Å². The summed E-state index contributed by atoms with van der Waals surface area (Å²) in [6.45, 7) is 4.37. The largest absolute Gasteiger partial charge is 0.369 e. The third-order valence-electron chi connectivity index (χ3n) is 2.65. The fourth-order valence-electron chi connectivity index (χ4n) is 1.91. The molecule has 0 aliphatic rings. The number of hydrogen-bond acceptors (Lipinski definition) is 3. The van der Waals surface area contributed by atoms with E-state index in [1.54, 1.807) is 0 Å². The van der Waals surface area contributed by atoms with Gasteiger partial charge in [-0.05, 0) is 17.9 Å². The summed E-state index contributed by atoms with van der Waals surface area (Å²) in [5, 5.41) is 0. The predicted octanol–water partition coefficient (Wildman–Crippen LogP) is 2.22. The zero-order valence-electron chi connectivity index (χ0n) is 10.6. The highest BCUT2D eigenvalue weighted by Gasteiger charge is 2.03. The molecular formula is C14H17N3O. The first-order valence-corrected chi connectivity index (χ1v) is 6.01. The molecule has 1 heterocycles. The summed E-state index contributed by atoms with van der Waals surface area (Å²) in [6.07, 6.45) is 1.05. The highest BCUT2D eigenvalue weighted by atomic mass is 16.1. The zero-order chi connectivity index (χ0) is 13.1. The van der Waals surface area contributed by atoms with E-state index in [0.717, 1.165) is 12.0 Å². The summed E-state index contributed by atoms with van der Waals surface area (Å²) in [7, 11) is 0. The summed E-state index contributed by atoms with van der Waals surface area (Å²) >= 11 is 0. The van der Waals surface area contributed by atoms with Gasteiger partial charge in [-0.3, -0.25) is 9.78 Å². The van der Waals surface area contributed by atoms with Crippen molar-refractivity contribution in [2.75, 3.05) is 5.73 Å². The molecule has 94 valence electrons. The molecule has 18 heavy (non-hydrogen) atoms. The highest BCUT2D eigenvalue weighted by Crippen LogP contribution is 2.18. The first kappa shape index (κ1) is 12.4. The van der Waals surface area contributed by atoms with E-state index in [1.165, 1.54) is 11.6 Å². The van der Waals surface area contributed by atoms with Gasteiger partial charge in [-0.25, -0.2) is 4.98 Å². The van der Waals surface area contributed by atoms with Crippen molar-refractivity contribution in [3.8, 4) is 11.3 Å². The Bertz CT molecular complexity index is 585. The van der Waals surface area contributed by atoms with Gasteiger partial charge in [-0.2, -0.15) is 0 Å². The second kappa shape index (κ2) is 5.04. The van der Waals surface area contributed by atoms with Crippen molar-refractivity contribution in [3.63, 3.8) is 0 Å². The van der Waals surface area contributed by atoms with E-state index in [2.05, 4.69) is 35.9 Å². The number of aromatic amines is 1. The van der Waals surface area contributed by atoms with E-state index in [1.807, 2.05) is 12.1 Å². The number of benzene rings is 1. The van der Waals surface area contributed by atoms with Crippen LogP contribution in [-0.2, 0) is 6.42 Å². The lowest BCUT2D eigenvalue weighted by Gasteiger charge is -2.06. The maximum absolute atomic E-state index is 11.3. The van der Waals surface area contributed by atoms with Crippen LogP contribution in [0.25, 0.3) is 11.3 Å². The lowest BCUT2D eigenvalue weighted by Crippen LogP contribution is -2.10. The molecule has 0 atom stereocenters. The molecule has 4 nitrogen and oxygen atoms in total. The van der Waals surface area contributed by atoms with Gasteiger partial charge in [-0.15, -0.1) is 0 Å². The van der Waals surface area contributed by atoms with Crippen LogP contribution in [0.4, 0.5) is 5.95 Å². The number of nitrogens with zero attached hydrogens (tertiary/aromatic N) is 1. The number of nitrogens with one attached hydrogen (secondary N) is 1. The summed E-state index contributed by atoms with van der Waals surface area (Å²) in [5.41, 5.74) is 8.08. The predicted molar refractivity (Wildman–Crippen MR) is 73.2 cm³/mol. The van der Waals surface area contributed by atoms with Gasteiger partial charge in [0.1, 0.15) is 0 Å². The Kier molecular flexibility index (Phi) is 3.46. The van der Waals surface area contributed by atoms with E-state index in [-0.39, 0.29) is 11.5 Å². The van der Waals surface area contributed by atoms with E-state index in [9.17, 15) is 4.79 Å². The van der Waals surface area contributed by atoms with Crippen LogP contribution in [-0.4, -0.2) is 9.97 Å². The molecule has 0 aliphatic carbocycles. The molecule has 0 amide bonds. The molecule has 3 N–H and O–H groups in total. The molecule has 1 aromatic carbocycles. The van der Waals surface area contributed by atoms with Crippen LogP contribution >= 0.6 is 0 Å². The molecule has 0 unspecified atom stereocenters. The van der Waals surface area contributed by atoms with Crippen LogP contribution in [0.5, 0.6) is 0 Å². The molecule has 0 aliphatic heterocycles. The lowest BCUT2D eigenvalue weighted by atomic mass is 10.0. The molecule has 0 radical (unpaired) electrons. The molecule has 1 aromatic heterocycles. The number of nitrogen functional groups attached to an aromatic ring is 1. The number of nitrogens with two attached hydrogens (primary N) is 1. The minimum atomic E-state index is -0.233. The van der Waals surface area contributed by atoms with Crippen LogP contribution in [0.3, 0.4) is 0 Å². The summed E-state index contributed by atoms with van der Waals surface area (Å²) in [6, 6.07) is 9.52. The third-order valence-corrected chi connectivity index (χ3v) is 2.65. The molecule has 0 saturated carbocycles. The monoisotopic (exact) mass is 243 g/mol. The van der Waals surface area contributed by atoms with Gasteiger partial charge in [0.2, 0.25) is 5.95 Å².